The summed E-state index contributed by atoms with van der Waals surface area (Å²) in [4.78, 5) is 25.9. The van der Waals surface area contributed by atoms with Crippen LogP contribution in [0.4, 0.5) is 9.18 Å². The molecule has 1 spiro atoms. The monoisotopic (exact) mass is 350 g/mol. The molecular formula is C18H23FN2O4. The number of β-amino-alcohol motifs (C(OH)–C–C–N with tert-alkyl or cyclic N) is 1. The second-order valence-electron chi connectivity index (χ2n) is 7.01. The summed E-state index contributed by atoms with van der Waals surface area (Å²) in [7, 11) is 0. The first-order valence-electron chi connectivity index (χ1n) is 8.61. The third-order valence-electron chi connectivity index (χ3n) is 5.03. The minimum absolute atomic E-state index is 0.0245. The lowest BCUT2D eigenvalue weighted by atomic mass is 9.77. The smallest absolute Gasteiger partial charge is 0.325 e. The van der Waals surface area contributed by atoms with Crippen LogP contribution in [0.3, 0.4) is 0 Å². The van der Waals surface area contributed by atoms with E-state index in [1.54, 1.807) is 6.07 Å². The van der Waals surface area contributed by atoms with Gasteiger partial charge in [0.15, 0.2) is 11.6 Å². The van der Waals surface area contributed by atoms with Crippen molar-refractivity contribution in [3.63, 3.8) is 0 Å². The Hall–Kier alpha value is -2.15. The number of aliphatic hydroxyl groups excluding tert-OH is 1. The van der Waals surface area contributed by atoms with Crippen LogP contribution in [0, 0.1) is 11.7 Å². The van der Waals surface area contributed by atoms with Crippen LogP contribution >= 0.6 is 0 Å². The summed E-state index contributed by atoms with van der Waals surface area (Å²) in [6, 6.07) is 5.39. The van der Waals surface area contributed by atoms with Crippen LogP contribution < -0.4 is 10.1 Å². The number of carbonyl (C=O) groups excluding carboxylic acids is 2. The van der Waals surface area contributed by atoms with Gasteiger partial charge in [-0.3, -0.25) is 9.69 Å². The zero-order valence-corrected chi connectivity index (χ0v) is 14.2. The lowest BCUT2D eigenvalue weighted by Gasteiger charge is -2.33. The molecule has 136 valence electrons. The molecule has 0 radical (unpaired) electrons. The highest BCUT2D eigenvalue weighted by Crippen LogP contribution is 2.36. The van der Waals surface area contributed by atoms with Gasteiger partial charge in [-0.2, -0.15) is 0 Å². The van der Waals surface area contributed by atoms with E-state index in [4.69, 9.17) is 4.74 Å². The van der Waals surface area contributed by atoms with Gasteiger partial charge in [0.25, 0.3) is 5.91 Å². The molecule has 0 bridgehead atoms. The summed E-state index contributed by atoms with van der Waals surface area (Å²) in [6.07, 6.45) is 1.93. The van der Waals surface area contributed by atoms with E-state index in [9.17, 15) is 19.1 Å². The number of aliphatic hydroxyl groups is 1. The molecule has 1 atom stereocenters. The lowest BCUT2D eigenvalue weighted by molar-refractivity contribution is -0.133. The number of halogens is 1. The molecular weight excluding hydrogens is 327 g/mol. The summed E-state index contributed by atoms with van der Waals surface area (Å²) >= 11 is 0. The van der Waals surface area contributed by atoms with Gasteiger partial charge in [0.1, 0.15) is 18.2 Å². The summed E-state index contributed by atoms with van der Waals surface area (Å²) in [6.45, 7) is 1.76. The molecule has 25 heavy (non-hydrogen) atoms. The predicted molar refractivity (Wildman–Crippen MR) is 88.5 cm³/mol. The SMILES string of the molecule is CC1CCC2(CC1)NC(=O)N(C[C@@H](O)COc1ccccc1F)C2=O. The molecule has 1 aliphatic heterocycles. The molecule has 1 aromatic rings. The number of benzene rings is 1. The molecule has 0 unspecified atom stereocenters. The van der Waals surface area contributed by atoms with Gasteiger partial charge in [0, 0.05) is 0 Å². The highest BCUT2D eigenvalue weighted by molar-refractivity contribution is 6.07. The Kier molecular flexibility index (Phi) is 4.94. The predicted octanol–water partition coefficient (Wildman–Crippen LogP) is 2.07. The minimum Gasteiger partial charge on any atom is -0.488 e. The first-order chi connectivity index (χ1) is 11.9. The summed E-state index contributed by atoms with van der Waals surface area (Å²) in [5.74, 6) is -0.241. The fourth-order valence-corrected chi connectivity index (χ4v) is 3.45. The van der Waals surface area contributed by atoms with Crippen LogP contribution in [0.5, 0.6) is 5.75 Å². The Morgan fingerprint density at radius 3 is 2.72 bits per heavy atom. The second kappa shape index (κ2) is 7.00. The average Bonchev–Trinajstić information content (AvgIpc) is 2.81. The van der Waals surface area contributed by atoms with Crippen LogP contribution in [-0.4, -0.2) is 46.7 Å². The fraction of sp³-hybridized carbons (Fsp3) is 0.556. The Bertz CT molecular complexity index is 658. The van der Waals surface area contributed by atoms with Gasteiger partial charge in [-0.05, 0) is 43.7 Å². The fourth-order valence-electron chi connectivity index (χ4n) is 3.45. The van der Waals surface area contributed by atoms with Crippen molar-refractivity contribution in [1.29, 1.82) is 0 Å². The van der Waals surface area contributed by atoms with Gasteiger partial charge < -0.3 is 15.2 Å². The maximum Gasteiger partial charge on any atom is 0.325 e. The standard InChI is InChI=1S/C18H23FN2O4/c1-12-6-8-18(9-7-12)16(23)21(17(24)20-18)10-13(22)11-25-15-5-3-2-4-14(15)19/h2-5,12-13,22H,6-11H2,1H3,(H,20,24)/t12?,13-,18?/m1/s1. The normalized spacial score (nSPS) is 27.5. The highest BCUT2D eigenvalue weighted by atomic mass is 19.1. The van der Waals surface area contributed by atoms with Gasteiger partial charge in [0.05, 0.1) is 6.54 Å². The molecule has 6 nitrogen and oxygen atoms in total. The number of ether oxygens (including phenoxy) is 1. The number of rotatable bonds is 5. The van der Waals surface area contributed by atoms with Gasteiger partial charge in [-0.25, -0.2) is 9.18 Å². The Morgan fingerprint density at radius 1 is 1.36 bits per heavy atom. The van der Waals surface area contributed by atoms with Gasteiger partial charge >= 0.3 is 6.03 Å². The van der Waals surface area contributed by atoms with Gasteiger partial charge in [-0.1, -0.05) is 19.1 Å². The van der Waals surface area contributed by atoms with Crippen LogP contribution in [-0.2, 0) is 4.79 Å². The zero-order chi connectivity index (χ0) is 18.0. The topological polar surface area (TPSA) is 78.9 Å². The molecule has 1 saturated carbocycles. The number of imide groups is 1. The van der Waals surface area contributed by atoms with E-state index in [2.05, 4.69) is 12.2 Å². The molecule has 3 amide bonds. The van der Waals surface area contributed by atoms with E-state index >= 15 is 0 Å². The maximum atomic E-state index is 13.5. The van der Waals surface area contributed by atoms with Crippen molar-refractivity contribution in [3.05, 3.63) is 30.1 Å². The van der Waals surface area contributed by atoms with Crippen LogP contribution in [0.25, 0.3) is 0 Å². The Labute approximate surface area is 146 Å². The maximum absolute atomic E-state index is 13.5. The molecule has 1 heterocycles. The van der Waals surface area contributed by atoms with E-state index in [-0.39, 0.29) is 24.8 Å². The zero-order valence-electron chi connectivity index (χ0n) is 14.2. The van der Waals surface area contributed by atoms with Crippen molar-refractivity contribution < 1.29 is 23.8 Å². The number of amides is 3. The molecule has 1 aromatic carbocycles. The van der Waals surface area contributed by atoms with Gasteiger partial charge in [0.2, 0.25) is 0 Å². The molecule has 2 aliphatic rings. The van der Waals surface area contributed by atoms with Crippen molar-refractivity contribution in [3.8, 4) is 5.75 Å². The van der Waals surface area contributed by atoms with Crippen molar-refractivity contribution in [2.75, 3.05) is 13.2 Å². The lowest BCUT2D eigenvalue weighted by Crippen LogP contribution is -2.49. The highest BCUT2D eigenvalue weighted by Gasteiger charge is 2.52. The van der Waals surface area contributed by atoms with Crippen molar-refractivity contribution in [2.45, 2.75) is 44.2 Å². The summed E-state index contributed by atoms with van der Waals surface area (Å²) in [5, 5.41) is 12.9. The van der Waals surface area contributed by atoms with Crippen LogP contribution in [0.2, 0.25) is 0 Å². The third-order valence-corrected chi connectivity index (χ3v) is 5.03. The quantitative estimate of drug-likeness (QED) is 0.797. The number of nitrogens with one attached hydrogen (secondary N) is 1. The number of urea groups is 1. The molecule has 3 rings (SSSR count). The molecule has 2 N–H and O–H groups in total. The number of nitrogens with zero attached hydrogens (tertiary/aromatic N) is 1. The minimum atomic E-state index is -1.09. The molecule has 0 aromatic heterocycles. The third kappa shape index (κ3) is 3.61. The van der Waals surface area contributed by atoms with Crippen LogP contribution in [0.1, 0.15) is 32.6 Å². The van der Waals surface area contributed by atoms with Gasteiger partial charge in [-0.15, -0.1) is 0 Å². The molecule has 1 aliphatic carbocycles. The first kappa shape index (κ1) is 17.7. The van der Waals surface area contributed by atoms with E-state index in [1.807, 2.05) is 0 Å². The average molecular weight is 350 g/mol. The van der Waals surface area contributed by atoms with Crippen molar-refractivity contribution in [2.24, 2.45) is 5.92 Å². The largest absolute Gasteiger partial charge is 0.488 e. The second-order valence-corrected chi connectivity index (χ2v) is 7.01. The summed E-state index contributed by atoms with van der Waals surface area (Å²) in [5.41, 5.74) is -0.824. The van der Waals surface area contributed by atoms with Crippen molar-refractivity contribution >= 4 is 11.9 Å². The molecule has 2 fully saturated rings. The number of para-hydroxylation sites is 1. The van der Waals surface area contributed by atoms with Crippen LogP contribution in [0.15, 0.2) is 24.3 Å². The van der Waals surface area contributed by atoms with E-state index in [0.29, 0.717) is 18.8 Å². The number of carbonyl (C=O) groups is 2. The van der Waals surface area contributed by atoms with E-state index < -0.39 is 23.5 Å². The molecule has 7 heteroatoms. The Morgan fingerprint density at radius 2 is 2.04 bits per heavy atom. The number of hydrogen-bond donors (Lipinski definition) is 2. The summed E-state index contributed by atoms with van der Waals surface area (Å²) < 4.78 is 18.7. The van der Waals surface area contributed by atoms with Crippen molar-refractivity contribution in [1.82, 2.24) is 10.2 Å². The Balaban J connectivity index is 1.58. The molecule has 1 saturated heterocycles. The first-order valence-corrected chi connectivity index (χ1v) is 8.61. The number of hydrogen-bond acceptors (Lipinski definition) is 4. The van der Waals surface area contributed by atoms with E-state index in [0.717, 1.165) is 17.7 Å². The van der Waals surface area contributed by atoms with E-state index in [1.165, 1.54) is 18.2 Å².